The van der Waals surface area contributed by atoms with E-state index >= 15 is 0 Å². The molecule has 1 fully saturated rings. The quantitative estimate of drug-likeness (QED) is 0.567. The van der Waals surface area contributed by atoms with Crippen LogP contribution in [0.25, 0.3) is 21.9 Å². The van der Waals surface area contributed by atoms with Crippen LogP contribution in [-0.2, 0) is 0 Å². The number of aromatic hydroxyl groups is 1. The number of anilines is 1. The van der Waals surface area contributed by atoms with Crippen LogP contribution in [0.5, 0.6) is 11.5 Å². The van der Waals surface area contributed by atoms with Crippen LogP contribution in [0.2, 0.25) is 0 Å². The number of rotatable bonds is 2. The number of hydrogen-bond donors (Lipinski definition) is 2. The van der Waals surface area contributed by atoms with Crippen molar-refractivity contribution in [2.45, 2.75) is 12.8 Å². The normalized spacial score (nSPS) is 13.6. The Morgan fingerprint density at radius 1 is 1.07 bits per heavy atom. The molecule has 27 heavy (non-hydrogen) atoms. The lowest BCUT2D eigenvalue weighted by atomic mass is 10.1. The van der Waals surface area contributed by atoms with E-state index in [0.717, 1.165) is 46.6 Å². The van der Waals surface area contributed by atoms with Gasteiger partial charge < -0.3 is 19.7 Å². The van der Waals surface area contributed by atoms with E-state index in [1.807, 2.05) is 24.3 Å². The molecular weight excluding hydrogens is 342 g/mol. The Morgan fingerprint density at radius 2 is 1.93 bits per heavy atom. The average molecular weight is 363 g/mol. The molecule has 3 heterocycles. The van der Waals surface area contributed by atoms with E-state index in [9.17, 15) is 5.11 Å². The molecule has 0 bridgehead atoms. The first-order valence-electron chi connectivity index (χ1n) is 8.91. The molecule has 0 atom stereocenters. The molecule has 5 rings (SSSR count). The number of H-pyrrole nitrogens is 1. The largest absolute Gasteiger partial charge is 0.508 e. The highest BCUT2D eigenvalue weighted by Crippen LogP contribution is 2.28. The third-order valence-corrected chi connectivity index (χ3v) is 4.65. The first-order chi connectivity index (χ1) is 13.3. The van der Waals surface area contributed by atoms with Crippen molar-refractivity contribution in [1.82, 2.24) is 19.9 Å². The maximum Gasteiger partial charge on any atom is 0.182 e. The fourth-order valence-electron chi connectivity index (χ4n) is 3.33. The molecular formula is C20H21N5O2. The SMILES string of the molecule is COc1cccc2ccc(O)cc12.c1nc(N2CCCC2)c2[nH]cnc2n1. The Hall–Kier alpha value is -3.35. The first-order valence-corrected chi connectivity index (χ1v) is 8.91. The van der Waals surface area contributed by atoms with Crippen molar-refractivity contribution < 1.29 is 9.84 Å². The fraction of sp³-hybridized carbons (Fsp3) is 0.250. The number of nitrogens with one attached hydrogen (secondary N) is 1. The minimum atomic E-state index is 0.261. The number of phenolic OH excluding ortho intramolecular Hbond substituents is 1. The summed E-state index contributed by atoms with van der Waals surface area (Å²) < 4.78 is 5.17. The highest BCUT2D eigenvalue weighted by atomic mass is 16.5. The Balaban J connectivity index is 0.000000134. The number of aromatic amines is 1. The van der Waals surface area contributed by atoms with Gasteiger partial charge in [0.2, 0.25) is 0 Å². The zero-order valence-electron chi connectivity index (χ0n) is 15.1. The number of imidazole rings is 1. The van der Waals surface area contributed by atoms with Gasteiger partial charge in [0.25, 0.3) is 0 Å². The van der Waals surface area contributed by atoms with Crippen LogP contribution in [0.1, 0.15) is 12.8 Å². The predicted octanol–water partition coefficient (Wildman–Crippen LogP) is 3.51. The molecule has 0 unspecified atom stereocenters. The van der Waals surface area contributed by atoms with Crippen molar-refractivity contribution >= 4 is 27.8 Å². The lowest BCUT2D eigenvalue weighted by Gasteiger charge is -2.15. The average Bonchev–Trinajstić information content (AvgIpc) is 3.39. The number of aromatic nitrogens is 4. The molecule has 0 spiro atoms. The predicted molar refractivity (Wildman–Crippen MR) is 105 cm³/mol. The highest BCUT2D eigenvalue weighted by Gasteiger charge is 2.17. The van der Waals surface area contributed by atoms with E-state index < -0.39 is 0 Å². The molecule has 2 aromatic carbocycles. The van der Waals surface area contributed by atoms with Gasteiger partial charge in [0.15, 0.2) is 11.5 Å². The summed E-state index contributed by atoms with van der Waals surface area (Å²) >= 11 is 0. The van der Waals surface area contributed by atoms with Crippen molar-refractivity contribution in [3.8, 4) is 11.5 Å². The molecule has 1 aliphatic heterocycles. The van der Waals surface area contributed by atoms with Crippen LogP contribution < -0.4 is 9.64 Å². The molecule has 2 N–H and O–H groups in total. The number of nitrogens with zero attached hydrogens (tertiary/aromatic N) is 4. The minimum absolute atomic E-state index is 0.261. The maximum absolute atomic E-state index is 9.29. The summed E-state index contributed by atoms with van der Waals surface area (Å²) in [6.07, 6.45) is 5.75. The zero-order valence-corrected chi connectivity index (χ0v) is 15.1. The van der Waals surface area contributed by atoms with E-state index in [1.165, 1.54) is 12.8 Å². The summed E-state index contributed by atoms with van der Waals surface area (Å²) in [5.74, 6) is 2.04. The number of phenols is 1. The molecule has 1 saturated heterocycles. The Bertz CT molecular complexity index is 1060. The molecule has 7 nitrogen and oxygen atoms in total. The number of fused-ring (bicyclic) bond motifs is 2. The van der Waals surface area contributed by atoms with Crippen molar-refractivity contribution in [3.05, 3.63) is 49.1 Å². The van der Waals surface area contributed by atoms with E-state index in [1.54, 1.807) is 31.9 Å². The maximum atomic E-state index is 9.29. The van der Waals surface area contributed by atoms with Crippen molar-refractivity contribution in [2.75, 3.05) is 25.1 Å². The lowest BCUT2D eigenvalue weighted by Crippen LogP contribution is -2.19. The van der Waals surface area contributed by atoms with Gasteiger partial charge >= 0.3 is 0 Å². The molecule has 2 aromatic heterocycles. The van der Waals surface area contributed by atoms with Gasteiger partial charge in [-0.1, -0.05) is 18.2 Å². The molecule has 4 aromatic rings. The van der Waals surface area contributed by atoms with Gasteiger partial charge in [-0.2, -0.15) is 0 Å². The van der Waals surface area contributed by atoms with Crippen molar-refractivity contribution in [2.24, 2.45) is 0 Å². The van der Waals surface area contributed by atoms with Gasteiger partial charge in [-0.05, 0) is 36.4 Å². The third-order valence-electron chi connectivity index (χ3n) is 4.65. The van der Waals surface area contributed by atoms with Gasteiger partial charge in [-0.25, -0.2) is 15.0 Å². The van der Waals surface area contributed by atoms with Crippen LogP contribution in [-0.4, -0.2) is 45.2 Å². The lowest BCUT2D eigenvalue weighted by molar-refractivity contribution is 0.419. The van der Waals surface area contributed by atoms with Gasteiger partial charge in [-0.3, -0.25) is 0 Å². The van der Waals surface area contributed by atoms with Crippen molar-refractivity contribution in [1.29, 1.82) is 0 Å². The van der Waals surface area contributed by atoms with Crippen LogP contribution in [0.3, 0.4) is 0 Å². The van der Waals surface area contributed by atoms with Gasteiger partial charge in [0, 0.05) is 18.5 Å². The first kappa shape index (κ1) is 17.1. The highest BCUT2D eigenvalue weighted by molar-refractivity contribution is 5.89. The summed E-state index contributed by atoms with van der Waals surface area (Å²) in [6, 6.07) is 11.0. The van der Waals surface area contributed by atoms with Gasteiger partial charge in [0.05, 0.1) is 13.4 Å². The van der Waals surface area contributed by atoms with E-state index in [2.05, 4.69) is 24.8 Å². The summed E-state index contributed by atoms with van der Waals surface area (Å²) in [5, 5.41) is 11.3. The van der Waals surface area contributed by atoms with Gasteiger partial charge in [-0.15, -0.1) is 0 Å². The molecule has 7 heteroatoms. The molecule has 0 saturated carbocycles. The number of methoxy groups -OCH3 is 1. The molecule has 0 radical (unpaired) electrons. The second kappa shape index (κ2) is 7.49. The summed E-state index contributed by atoms with van der Waals surface area (Å²) in [5.41, 5.74) is 1.70. The van der Waals surface area contributed by atoms with E-state index in [-0.39, 0.29) is 5.75 Å². The Morgan fingerprint density at radius 3 is 2.74 bits per heavy atom. The topological polar surface area (TPSA) is 87.2 Å². The monoisotopic (exact) mass is 363 g/mol. The number of ether oxygens (including phenoxy) is 1. The third kappa shape index (κ3) is 3.48. The van der Waals surface area contributed by atoms with E-state index in [0.29, 0.717) is 0 Å². The second-order valence-electron chi connectivity index (χ2n) is 6.36. The smallest absolute Gasteiger partial charge is 0.182 e. The summed E-state index contributed by atoms with van der Waals surface area (Å²) in [7, 11) is 1.62. The van der Waals surface area contributed by atoms with Crippen LogP contribution in [0.4, 0.5) is 5.82 Å². The minimum Gasteiger partial charge on any atom is -0.508 e. The Labute approximate surface area is 156 Å². The fourth-order valence-corrected chi connectivity index (χ4v) is 3.33. The molecule has 138 valence electrons. The van der Waals surface area contributed by atoms with Crippen LogP contribution in [0.15, 0.2) is 49.1 Å². The zero-order chi connectivity index (χ0) is 18.6. The standard InChI is InChI=1S/C11H10O2.C9H11N5/c1-13-11-4-2-3-8-5-6-9(12)7-10(8)11;1-2-4-14(3-1)9-7-8(11-5-10-7)12-6-13-9/h2-7,12H,1H3;5-6H,1-4H2,(H,10,11,12,13). The van der Waals surface area contributed by atoms with Crippen molar-refractivity contribution in [3.63, 3.8) is 0 Å². The van der Waals surface area contributed by atoms with Gasteiger partial charge in [0.1, 0.15) is 23.3 Å². The number of hydrogen-bond acceptors (Lipinski definition) is 6. The Kier molecular flexibility index (Phi) is 4.74. The molecule has 0 amide bonds. The molecule has 1 aliphatic rings. The van der Waals surface area contributed by atoms with E-state index in [4.69, 9.17) is 4.74 Å². The number of benzene rings is 2. The molecule has 0 aliphatic carbocycles. The summed E-state index contributed by atoms with van der Waals surface area (Å²) in [4.78, 5) is 17.9. The van der Waals surface area contributed by atoms with Crippen LogP contribution >= 0.6 is 0 Å². The second-order valence-corrected chi connectivity index (χ2v) is 6.36. The van der Waals surface area contributed by atoms with Crippen LogP contribution in [0, 0.1) is 0 Å². The summed E-state index contributed by atoms with van der Waals surface area (Å²) in [6.45, 7) is 2.18.